The average Bonchev–Trinajstić information content (AvgIpc) is 3.31. The molecule has 1 fully saturated rings. The molecule has 112 valence electrons. The molecule has 0 atom stereocenters. The molecule has 0 unspecified atom stereocenters. The largest absolute Gasteiger partial charge is 0.322 e. The van der Waals surface area contributed by atoms with Gasteiger partial charge in [-0.15, -0.1) is 0 Å². The van der Waals surface area contributed by atoms with Gasteiger partial charge in [-0.3, -0.25) is 9.78 Å². The summed E-state index contributed by atoms with van der Waals surface area (Å²) >= 11 is 0. The maximum Gasteiger partial charge on any atom is 0.256 e. The summed E-state index contributed by atoms with van der Waals surface area (Å²) in [5, 5.41) is 8.96. The van der Waals surface area contributed by atoms with Gasteiger partial charge >= 0.3 is 0 Å². The monoisotopic (exact) mass is 294 g/mol. The van der Waals surface area contributed by atoms with Crippen molar-refractivity contribution in [1.82, 2.24) is 14.5 Å². The predicted octanol–water partition coefficient (Wildman–Crippen LogP) is 2.62. The van der Waals surface area contributed by atoms with Crippen LogP contribution >= 0.6 is 0 Å². The standard InChI is InChI=1S/C17H18N4O/c1-12-10-16(17(22)20(9-7-18)14-5-6-14)13(2)21(12)15-4-3-8-19-11-15/h3-4,8,10-11,14H,5-6,9H2,1-2H3. The van der Waals surface area contributed by atoms with Gasteiger partial charge in [-0.1, -0.05) is 0 Å². The zero-order valence-electron chi connectivity index (χ0n) is 12.8. The normalized spacial score (nSPS) is 13.7. The van der Waals surface area contributed by atoms with Crippen molar-refractivity contribution in [2.45, 2.75) is 32.7 Å². The summed E-state index contributed by atoms with van der Waals surface area (Å²) in [5.41, 5.74) is 3.49. The SMILES string of the molecule is Cc1cc(C(=O)N(CC#N)C2CC2)c(C)n1-c1cccnc1. The number of amides is 1. The van der Waals surface area contributed by atoms with Crippen LogP contribution in [0, 0.1) is 25.2 Å². The van der Waals surface area contributed by atoms with Gasteiger partial charge in [0.25, 0.3) is 5.91 Å². The fraction of sp³-hybridized carbons (Fsp3) is 0.353. The average molecular weight is 294 g/mol. The van der Waals surface area contributed by atoms with E-state index in [1.54, 1.807) is 17.3 Å². The Bertz CT molecular complexity index is 738. The van der Waals surface area contributed by atoms with E-state index in [4.69, 9.17) is 5.26 Å². The van der Waals surface area contributed by atoms with Crippen molar-refractivity contribution in [2.75, 3.05) is 6.54 Å². The molecule has 0 N–H and O–H groups in total. The van der Waals surface area contributed by atoms with E-state index in [0.29, 0.717) is 5.56 Å². The van der Waals surface area contributed by atoms with Gasteiger partial charge in [0.1, 0.15) is 6.54 Å². The number of aryl methyl sites for hydroxylation is 1. The molecule has 22 heavy (non-hydrogen) atoms. The van der Waals surface area contributed by atoms with Crippen LogP contribution in [0.4, 0.5) is 0 Å². The lowest BCUT2D eigenvalue weighted by Gasteiger charge is -2.19. The second-order valence-corrected chi connectivity index (χ2v) is 5.65. The van der Waals surface area contributed by atoms with Gasteiger partial charge < -0.3 is 9.47 Å². The van der Waals surface area contributed by atoms with Crippen LogP contribution in [0.15, 0.2) is 30.6 Å². The van der Waals surface area contributed by atoms with Crippen LogP contribution in [0.5, 0.6) is 0 Å². The van der Waals surface area contributed by atoms with E-state index >= 15 is 0 Å². The van der Waals surface area contributed by atoms with Gasteiger partial charge in [-0.2, -0.15) is 5.26 Å². The number of carbonyl (C=O) groups is 1. The van der Waals surface area contributed by atoms with Crippen molar-refractivity contribution >= 4 is 5.91 Å². The van der Waals surface area contributed by atoms with E-state index in [2.05, 4.69) is 11.1 Å². The molecule has 1 aliphatic rings. The molecular weight excluding hydrogens is 276 g/mol. The molecule has 0 radical (unpaired) electrons. The lowest BCUT2D eigenvalue weighted by molar-refractivity contribution is 0.0764. The molecule has 1 aliphatic carbocycles. The van der Waals surface area contributed by atoms with Crippen molar-refractivity contribution < 1.29 is 4.79 Å². The first-order chi connectivity index (χ1) is 10.6. The third-order valence-electron chi connectivity index (χ3n) is 4.06. The lowest BCUT2D eigenvalue weighted by Crippen LogP contribution is -2.33. The Morgan fingerprint density at radius 3 is 2.86 bits per heavy atom. The van der Waals surface area contributed by atoms with Gasteiger partial charge in [-0.25, -0.2) is 0 Å². The minimum Gasteiger partial charge on any atom is -0.322 e. The Hall–Kier alpha value is -2.61. The van der Waals surface area contributed by atoms with E-state index in [9.17, 15) is 4.79 Å². The van der Waals surface area contributed by atoms with Crippen molar-refractivity contribution in [3.63, 3.8) is 0 Å². The lowest BCUT2D eigenvalue weighted by atomic mass is 10.2. The first kappa shape index (κ1) is 14.3. The molecule has 0 bridgehead atoms. The highest BCUT2D eigenvalue weighted by molar-refractivity contribution is 5.96. The van der Waals surface area contributed by atoms with Gasteiger partial charge in [0.15, 0.2) is 0 Å². The first-order valence-corrected chi connectivity index (χ1v) is 7.40. The van der Waals surface area contributed by atoms with Crippen LogP contribution in [-0.2, 0) is 0 Å². The molecule has 2 aromatic rings. The molecule has 1 amide bonds. The van der Waals surface area contributed by atoms with Crippen LogP contribution in [-0.4, -0.2) is 32.9 Å². The summed E-state index contributed by atoms with van der Waals surface area (Å²) in [6, 6.07) is 8.08. The third-order valence-corrected chi connectivity index (χ3v) is 4.06. The smallest absolute Gasteiger partial charge is 0.256 e. The fourth-order valence-electron chi connectivity index (χ4n) is 2.85. The molecule has 0 aromatic carbocycles. The van der Waals surface area contributed by atoms with Crippen LogP contribution in [0.1, 0.15) is 34.6 Å². The highest BCUT2D eigenvalue weighted by Gasteiger charge is 2.34. The summed E-state index contributed by atoms with van der Waals surface area (Å²) < 4.78 is 2.03. The summed E-state index contributed by atoms with van der Waals surface area (Å²) in [4.78, 5) is 18.6. The second kappa shape index (κ2) is 5.64. The Balaban J connectivity index is 1.99. The molecule has 3 rings (SSSR count). The summed E-state index contributed by atoms with van der Waals surface area (Å²) in [6.45, 7) is 4.06. The molecule has 5 nitrogen and oxygen atoms in total. The number of nitrogens with zero attached hydrogens (tertiary/aromatic N) is 4. The van der Waals surface area contributed by atoms with Crippen molar-refractivity contribution in [1.29, 1.82) is 5.26 Å². The van der Waals surface area contributed by atoms with Gasteiger partial charge in [0.05, 0.1) is 23.5 Å². The van der Waals surface area contributed by atoms with Crippen LogP contribution in [0.2, 0.25) is 0 Å². The summed E-state index contributed by atoms with van der Waals surface area (Å²) in [6.07, 6.45) is 5.50. The quantitative estimate of drug-likeness (QED) is 0.814. The topological polar surface area (TPSA) is 61.9 Å². The van der Waals surface area contributed by atoms with E-state index in [0.717, 1.165) is 29.9 Å². The van der Waals surface area contributed by atoms with E-state index in [-0.39, 0.29) is 18.5 Å². The highest BCUT2D eigenvalue weighted by atomic mass is 16.2. The maximum atomic E-state index is 12.8. The fourth-order valence-corrected chi connectivity index (χ4v) is 2.85. The summed E-state index contributed by atoms with van der Waals surface area (Å²) in [7, 11) is 0. The molecule has 1 saturated carbocycles. The Morgan fingerprint density at radius 2 is 2.27 bits per heavy atom. The van der Waals surface area contributed by atoms with Crippen LogP contribution < -0.4 is 0 Å². The van der Waals surface area contributed by atoms with E-state index < -0.39 is 0 Å². The highest BCUT2D eigenvalue weighted by Crippen LogP contribution is 2.29. The van der Waals surface area contributed by atoms with Gasteiger partial charge in [0, 0.05) is 23.6 Å². The second-order valence-electron chi connectivity index (χ2n) is 5.65. The van der Waals surface area contributed by atoms with Gasteiger partial charge in [-0.05, 0) is 44.9 Å². The molecule has 5 heteroatoms. The number of hydrogen-bond donors (Lipinski definition) is 0. The van der Waals surface area contributed by atoms with Crippen molar-refractivity contribution in [3.05, 3.63) is 47.5 Å². The molecular formula is C17H18N4O. The maximum absolute atomic E-state index is 12.8. The van der Waals surface area contributed by atoms with Gasteiger partial charge in [0.2, 0.25) is 0 Å². The first-order valence-electron chi connectivity index (χ1n) is 7.40. The minimum absolute atomic E-state index is 0.0488. The molecule has 0 saturated heterocycles. The number of nitriles is 1. The minimum atomic E-state index is -0.0488. The number of hydrogen-bond acceptors (Lipinski definition) is 3. The number of carbonyl (C=O) groups excluding carboxylic acids is 1. The Labute approximate surface area is 129 Å². The van der Waals surface area contributed by atoms with E-state index in [1.807, 2.05) is 36.6 Å². The Morgan fingerprint density at radius 1 is 1.50 bits per heavy atom. The van der Waals surface area contributed by atoms with E-state index in [1.165, 1.54) is 0 Å². The Kier molecular flexibility index (Phi) is 3.68. The zero-order valence-corrected chi connectivity index (χ0v) is 12.8. The van der Waals surface area contributed by atoms with Crippen molar-refractivity contribution in [2.24, 2.45) is 0 Å². The molecule has 2 heterocycles. The molecule has 0 aliphatic heterocycles. The third kappa shape index (κ3) is 2.48. The number of pyridine rings is 1. The van der Waals surface area contributed by atoms with Crippen LogP contribution in [0.3, 0.4) is 0 Å². The summed E-state index contributed by atoms with van der Waals surface area (Å²) in [5.74, 6) is -0.0488. The number of aromatic nitrogens is 2. The van der Waals surface area contributed by atoms with Crippen molar-refractivity contribution in [3.8, 4) is 11.8 Å². The zero-order chi connectivity index (χ0) is 15.7. The van der Waals surface area contributed by atoms with Crippen LogP contribution in [0.25, 0.3) is 5.69 Å². The molecule has 0 spiro atoms. The predicted molar refractivity (Wildman–Crippen MR) is 82.7 cm³/mol. The molecule has 2 aromatic heterocycles. The number of rotatable bonds is 4.